The van der Waals surface area contributed by atoms with E-state index in [4.69, 9.17) is 9.16 Å². The first-order valence-corrected chi connectivity index (χ1v) is 11.9. The third-order valence-electron chi connectivity index (χ3n) is 5.53. The summed E-state index contributed by atoms with van der Waals surface area (Å²) in [4.78, 5) is 0. The van der Waals surface area contributed by atoms with Crippen LogP contribution in [-0.4, -0.2) is 38.8 Å². The zero-order chi connectivity index (χ0) is 19.3. The van der Waals surface area contributed by atoms with Gasteiger partial charge in [0.15, 0.2) is 0 Å². The fourth-order valence-electron chi connectivity index (χ4n) is 4.15. The van der Waals surface area contributed by atoms with E-state index in [9.17, 15) is 5.11 Å². The third-order valence-corrected chi connectivity index (χ3v) is 10.5. The van der Waals surface area contributed by atoms with Gasteiger partial charge in [0.05, 0.1) is 12.7 Å². The number of aliphatic hydroxyl groups is 1. The molecule has 0 bridgehead atoms. The maximum atomic E-state index is 10.8. The molecule has 2 aromatic carbocycles. The van der Waals surface area contributed by atoms with Crippen LogP contribution in [0.2, 0.25) is 5.04 Å². The summed E-state index contributed by atoms with van der Waals surface area (Å²) in [7, 11) is -2.59. The Morgan fingerprint density at radius 3 is 2.00 bits per heavy atom. The van der Waals surface area contributed by atoms with Crippen LogP contribution >= 0.6 is 0 Å². The average molecular weight is 385 g/mol. The summed E-state index contributed by atoms with van der Waals surface area (Å²) in [5.74, 6) is 0. The number of rotatable bonds is 6. The standard InChI is InChI=1S/C23H32O3Si/c1-23(2,3)27(19-12-6-4-7-13-19,20-14-8-5-9-15-20)26-18-21(24)22-16-10-11-17-25-22/h4-9,12-15,21-22,24H,10-11,16-18H2,1-3H3/t21-,22+/m0/s1. The van der Waals surface area contributed by atoms with Crippen molar-refractivity contribution in [3.63, 3.8) is 0 Å². The van der Waals surface area contributed by atoms with Gasteiger partial charge in [0.1, 0.15) is 6.10 Å². The van der Waals surface area contributed by atoms with Crippen LogP contribution in [0.4, 0.5) is 0 Å². The maximum absolute atomic E-state index is 10.8. The Balaban J connectivity index is 1.96. The molecule has 1 aliphatic rings. The average Bonchev–Trinajstić information content (AvgIpc) is 2.69. The van der Waals surface area contributed by atoms with Gasteiger partial charge in [0.2, 0.25) is 0 Å². The van der Waals surface area contributed by atoms with Crippen molar-refractivity contribution < 1.29 is 14.3 Å². The lowest BCUT2D eigenvalue weighted by Gasteiger charge is -2.43. The van der Waals surface area contributed by atoms with E-state index < -0.39 is 14.4 Å². The van der Waals surface area contributed by atoms with Crippen molar-refractivity contribution in [2.75, 3.05) is 13.2 Å². The molecule has 0 amide bonds. The van der Waals surface area contributed by atoms with Crippen LogP contribution in [0, 0.1) is 0 Å². The minimum absolute atomic E-state index is 0.0805. The fraction of sp³-hybridized carbons (Fsp3) is 0.478. The summed E-state index contributed by atoms with van der Waals surface area (Å²) in [5, 5.41) is 13.2. The summed E-state index contributed by atoms with van der Waals surface area (Å²) in [6.45, 7) is 7.80. The topological polar surface area (TPSA) is 38.7 Å². The van der Waals surface area contributed by atoms with Crippen LogP contribution in [0.25, 0.3) is 0 Å². The normalized spacial score (nSPS) is 19.6. The molecule has 1 fully saturated rings. The molecule has 1 aliphatic heterocycles. The summed E-state index contributed by atoms with van der Waals surface area (Å²) in [5.41, 5.74) is 0. The summed E-state index contributed by atoms with van der Waals surface area (Å²) in [6.07, 6.45) is 2.40. The van der Waals surface area contributed by atoms with Crippen molar-refractivity contribution in [2.24, 2.45) is 0 Å². The predicted octanol–water partition coefficient (Wildman–Crippen LogP) is 3.49. The first-order valence-electron chi connectivity index (χ1n) is 10.00. The highest BCUT2D eigenvalue weighted by Crippen LogP contribution is 2.37. The summed E-state index contributed by atoms with van der Waals surface area (Å²) in [6, 6.07) is 21.1. The van der Waals surface area contributed by atoms with Crippen molar-refractivity contribution in [1.29, 1.82) is 0 Å². The minimum Gasteiger partial charge on any atom is -0.405 e. The Labute approximate surface area is 164 Å². The molecule has 2 aromatic rings. The molecule has 0 radical (unpaired) electrons. The van der Waals surface area contributed by atoms with E-state index >= 15 is 0 Å². The largest absolute Gasteiger partial charge is 0.405 e. The van der Waals surface area contributed by atoms with E-state index in [1.54, 1.807) is 0 Å². The van der Waals surface area contributed by atoms with E-state index in [1.807, 2.05) is 12.1 Å². The zero-order valence-electron chi connectivity index (χ0n) is 16.7. The molecule has 4 heteroatoms. The summed E-state index contributed by atoms with van der Waals surface area (Å²) < 4.78 is 12.6. The van der Waals surface area contributed by atoms with Gasteiger partial charge < -0.3 is 14.3 Å². The molecule has 0 unspecified atom stereocenters. The van der Waals surface area contributed by atoms with E-state index in [-0.39, 0.29) is 11.1 Å². The van der Waals surface area contributed by atoms with Gasteiger partial charge in [0, 0.05) is 6.61 Å². The van der Waals surface area contributed by atoms with Gasteiger partial charge in [-0.1, -0.05) is 81.4 Å². The molecule has 0 saturated carbocycles. The third kappa shape index (κ3) is 4.35. The molecule has 3 nitrogen and oxygen atoms in total. The number of hydrogen-bond donors (Lipinski definition) is 1. The molecule has 1 N–H and O–H groups in total. The molecule has 0 aliphatic carbocycles. The monoisotopic (exact) mass is 384 g/mol. The lowest BCUT2D eigenvalue weighted by molar-refractivity contribution is -0.0760. The van der Waals surface area contributed by atoms with E-state index in [2.05, 4.69) is 69.3 Å². The Kier molecular flexibility index (Phi) is 6.53. The Bertz CT molecular complexity index is 651. The predicted molar refractivity (Wildman–Crippen MR) is 113 cm³/mol. The molecule has 1 saturated heterocycles. The second-order valence-electron chi connectivity index (χ2n) is 8.45. The van der Waals surface area contributed by atoms with Crippen LogP contribution in [0.5, 0.6) is 0 Å². The highest BCUT2D eigenvalue weighted by Gasteiger charge is 2.50. The fourth-order valence-corrected chi connectivity index (χ4v) is 8.72. The van der Waals surface area contributed by atoms with Crippen LogP contribution in [-0.2, 0) is 9.16 Å². The van der Waals surface area contributed by atoms with E-state index in [1.165, 1.54) is 10.4 Å². The van der Waals surface area contributed by atoms with Gasteiger partial charge in [-0.15, -0.1) is 0 Å². The van der Waals surface area contributed by atoms with Gasteiger partial charge >= 0.3 is 0 Å². The van der Waals surface area contributed by atoms with Crippen molar-refractivity contribution in [3.8, 4) is 0 Å². The Hall–Kier alpha value is -1.46. The molecule has 27 heavy (non-hydrogen) atoms. The molecule has 0 spiro atoms. The van der Waals surface area contributed by atoms with E-state index in [0.717, 1.165) is 25.9 Å². The van der Waals surface area contributed by atoms with Crippen LogP contribution in [0.3, 0.4) is 0 Å². The number of hydrogen-bond acceptors (Lipinski definition) is 3. The molecule has 0 aromatic heterocycles. The van der Waals surface area contributed by atoms with Crippen LogP contribution < -0.4 is 10.4 Å². The number of aliphatic hydroxyl groups excluding tert-OH is 1. The van der Waals surface area contributed by atoms with Gasteiger partial charge in [-0.05, 0) is 34.7 Å². The van der Waals surface area contributed by atoms with Crippen LogP contribution in [0.15, 0.2) is 60.7 Å². The quantitative estimate of drug-likeness (QED) is 0.775. The lowest BCUT2D eigenvalue weighted by atomic mass is 10.1. The van der Waals surface area contributed by atoms with Crippen LogP contribution in [0.1, 0.15) is 40.0 Å². The highest BCUT2D eigenvalue weighted by atomic mass is 28.4. The van der Waals surface area contributed by atoms with Gasteiger partial charge in [0.25, 0.3) is 8.32 Å². The second-order valence-corrected chi connectivity index (χ2v) is 12.8. The Morgan fingerprint density at radius 1 is 1.00 bits per heavy atom. The number of benzene rings is 2. The number of ether oxygens (including phenoxy) is 1. The molecule has 2 atom stereocenters. The van der Waals surface area contributed by atoms with E-state index in [0.29, 0.717) is 6.61 Å². The van der Waals surface area contributed by atoms with Gasteiger partial charge in [-0.2, -0.15) is 0 Å². The van der Waals surface area contributed by atoms with Crippen molar-refractivity contribution >= 4 is 18.7 Å². The SMILES string of the molecule is CC(C)(C)[Si](OC[C@H](O)[C@H]1CCCCO1)(c1ccccc1)c1ccccc1. The second kappa shape index (κ2) is 8.70. The molecule has 3 rings (SSSR count). The van der Waals surface area contributed by atoms with Crippen molar-refractivity contribution in [1.82, 2.24) is 0 Å². The highest BCUT2D eigenvalue weighted by molar-refractivity contribution is 6.99. The smallest absolute Gasteiger partial charge is 0.261 e. The first-order chi connectivity index (χ1) is 12.9. The van der Waals surface area contributed by atoms with Gasteiger partial charge in [-0.3, -0.25) is 0 Å². The molecular formula is C23H32O3Si. The maximum Gasteiger partial charge on any atom is 0.261 e. The van der Waals surface area contributed by atoms with Crippen molar-refractivity contribution in [2.45, 2.75) is 57.3 Å². The lowest BCUT2D eigenvalue weighted by Crippen LogP contribution is -2.67. The van der Waals surface area contributed by atoms with Gasteiger partial charge in [-0.25, -0.2) is 0 Å². The van der Waals surface area contributed by atoms with Crippen molar-refractivity contribution in [3.05, 3.63) is 60.7 Å². The Morgan fingerprint density at radius 2 is 1.56 bits per heavy atom. The first kappa shape index (κ1) is 20.3. The summed E-state index contributed by atoms with van der Waals surface area (Å²) >= 11 is 0. The zero-order valence-corrected chi connectivity index (χ0v) is 17.7. The minimum atomic E-state index is -2.59. The molecule has 146 valence electrons. The molecular weight excluding hydrogens is 352 g/mol. The molecule has 1 heterocycles.